The molecular formula is C14H18ClN3. The van der Waals surface area contributed by atoms with Crippen molar-refractivity contribution in [3.63, 3.8) is 0 Å². The van der Waals surface area contributed by atoms with Crippen molar-refractivity contribution in [2.45, 2.75) is 20.4 Å². The number of nitrogens with zero attached hydrogens (tertiary/aromatic N) is 2. The fourth-order valence-electron chi connectivity index (χ4n) is 2.11. The number of aryl methyl sites for hydroxylation is 2. The monoisotopic (exact) mass is 263 g/mol. The Morgan fingerprint density at radius 3 is 2.72 bits per heavy atom. The lowest BCUT2D eigenvalue weighted by atomic mass is 10.0. The summed E-state index contributed by atoms with van der Waals surface area (Å²) in [6, 6.07) is 6.38. The summed E-state index contributed by atoms with van der Waals surface area (Å²) in [5, 5.41) is 3.67. The van der Waals surface area contributed by atoms with Gasteiger partial charge in [0.2, 0.25) is 0 Å². The summed E-state index contributed by atoms with van der Waals surface area (Å²) in [6.07, 6.45) is 0. The summed E-state index contributed by atoms with van der Waals surface area (Å²) >= 11 is 6.29. The lowest BCUT2D eigenvalue weighted by Crippen LogP contribution is -2.10. The number of imidazole rings is 1. The van der Waals surface area contributed by atoms with Gasteiger partial charge in [0.25, 0.3) is 0 Å². The normalized spacial score (nSPS) is 10.9. The van der Waals surface area contributed by atoms with Gasteiger partial charge < -0.3 is 9.88 Å². The van der Waals surface area contributed by atoms with E-state index >= 15 is 0 Å². The Morgan fingerprint density at radius 1 is 1.33 bits per heavy atom. The minimum absolute atomic E-state index is 0.566. The predicted octanol–water partition coefficient (Wildman–Crippen LogP) is 3.08. The van der Waals surface area contributed by atoms with E-state index < -0.39 is 0 Å². The molecule has 0 saturated carbocycles. The molecule has 0 bridgehead atoms. The molecule has 1 aromatic carbocycles. The lowest BCUT2D eigenvalue weighted by molar-refractivity contribution is 0.712. The standard InChI is InChI=1S/C14H18ClN3/c1-9-5-6-10(2)11(7-9)13-14(15)17-12(8-16-3)18(13)4/h5-7,16H,8H2,1-4H3. The maximum absolute atomic E-state index is 6.29. The molecule has 3 nitrogen and oxygen atoms in total. The average molecular weight is 264 g/mol. The van der Waals surface area contributed by atoms with Crippen LogP contribution in [-0.4, -0.2) is 16.6 Å². The molecule has 0 aliphatic carbocycles. The van der Waals surface area contributed by atoms with Gasteiger partial charge in [0.1, 0.15) is 5.82 Å². The van der Waals surface area contributed by atoms with E-state index in [-0.39, 0.29) is 0 Å². The van der Waals surface area contributed by atoms with E-state index in [4.69, 9.17) is 11.6 Å². The summed E-state index contributed by atoms with van der Waals surface area (Å²) in [6.45, 7) is 4.89. The lowest BCUT2D eigenvalue weighted by Gasteiger charge is -2.10. The van der Waals surface area contributed by atoms with Gasteiger partial charge in [-0.05, 0) is 32.5 Å². The molecule has 0 spiro atoms. The molecule has 1 heterocycles. The number of halogens is 1. The zero-order valence-electron chi connectivity index (χ0n) is 11.2. The highest BCUT2D eigenvalue weighted by molar-refractivity contribution is 6.32. The topological polar surface area (TPSA) is 29.9 Å². The molecule has 18 heavy (non-hydrogen) atoms. The van der Waals surface area contributed by atoms with Crippen LogP contribution >= 0.6 is 11.6 Å². The molecule has 1 aromatic heterocycles. The number of hydrogen-bond donors (Lipinski definition) is 1. The minimum Gasteiger partial charge on any atom is -0.329 e. The predicted molar refractivity (Wildman–Crippen MR) is 75.9 cm³/mol. The Kier molecular flexibility index (Phi) is 3.73. The van der Waals surface area contributed by atoms with Crippen molar-refractivity contribution < 1.29 is 0 Å². The molecule has 4 heteroatoms. The number of hydrogen-bond acceptors (Lipinski definition) is 2. The quantitative estimate of drug-likeness (QED) is 0.922. The highest BCUT2D eigenvalue weighted by Crippen LogP contribution is 2.31. The van der Waals surface area contributed by atoms with Crippen molar-refractivity contribution in [1.29, 1.82) is 0 Å². The van der Waals surface area contributed by atoms with Crippen LogP contribution in [0, 0.1) is 13.8 Å². The third kappa shape index (κ3) is 2.28. The molecule has 2 rings (SSSR count). The third-order valence-corrected chi connectivity index (χ3v) is 3.39. The van der Waals surface area contributed by atoms with E-state index in [0.717, 1.165) is 17.1 Å². The number of rotatable bonds is 3. The first-order valence-electron chi connectivity index (χ1n) is 5.98. The summed E-state index contributed by atoms with van der Waals surface area (Å²) in [5.41, 5.74) is 4.57. The van der Waals surface area contributed by atoms with Crippen LogP contribution in [0.1, 0.15) is 17.0 Å². The molecule has 96 valence electrons. The van der Waals surface area contributed by atoms with Crippen LogP contribution in [-0.2, 0) is 13.6 Å². The van der Waals surface area contributed by atoms with E-state index in [2.05, 4.69) is 46.9 Å². The van der Waals surface area contributed by atoms with E-state index in [1.807, 2.05) is 14.1 Å². The Labute approximate surface area is 113 Å². The first-order chi connectivity index (χ1) is 8.54. The summed E-state index contributed by atoms with van der Waals surface area (Å²) in [4.78, 5) is 4.41. The molecule has 0 aliphatic rings. The van der Waals surface area contributed by atoms with Gasteiger partial charge in [-0.2, -0.15) is 0 Å². The zero-order chi connectivity index (χ0) is 13.3. The van der Waals surface area contributed by atoms with Gasteiger partial charge in [-0.1, -0.05) is 29.3 Å². The number of aromatic nitrogens is 2. The van der Waals surface area contributed by atoms with E-state index in [9.17, 15) is 0 Å². The second-order valence-electron chi connectivity index (χ2n) is 4.58. The van der Waals surface area contributed by atoms with Gasteiger partial charge in [-0.15, -0.1) is 0 Å². The second-order valence-corrected chi connectivity index (χ2v) is 4.93. The van der Waals surface area contributed by atoms with Crippen LogP contribution in [0.2, 0.25) is 5.15 Å². The highest BCUT2D eigenvalue weighted by atomic mass is 35.5. The molecule has 0 aliphatic heterocycles. The largest absolute Gasteiger partial charge is 0.329 e. The van der Waals surface area contributed by atoms with Crippen molar-refractivity contribution in [2.24, 2.45) is 7.05 Å². The fourth-order valence-corrected chi connectivity index (χ4v) is 2.43. The van der Waals surface area contributed by atoms with Crippen LogP contribution < -0.4 is 5.32 Å². The van der Waals surface area contributed by atoms with Gasteiger partial charge in [-0.3, -0.25) is 0 Å². The van der Waals surface area contributed by atoms with Gasteiger partial charge in [0, 0.05) is 12.6 Å². The van der Waals surface area contributed by atoms with Crippen LogP contribution in [0.3, 0.4) is 0 Å². The molecule has 0 amide bonds. The molecule has 0 unspecified atom stereocenters. The van der Waals surface area contributed by atoms with Gasteiger partial charge >= 0.3 is 0 Å². The zero-order valence-corrected chi connectivity index (χ0v) is 12.0. The smallest absolute Gasteiger partial charge is 0.155 e. The molecule has 1 N–H and O–H groups in total. The van der Waals surface area contributed by atoms with Crippen LogP contribution in [0.15, 0.2) is 18.2 Å². The Hall–Kier alpha value is -1.32. The minimum atomic E-state index is 0.566. The van der Waals surface area contributed by atoms with Crippen LogP contribution in [0.5, 0.6) is 0 Å². The van der Waals surface area contributed by atoms with Gasteiger partial charge in [-0.25, -0.2) is 4.98 Å². The number of nitrogens with one attached hydrogen (secondary N) is 1. The van der Waals surface area contributed by atoms with Crippen molar-refractivity contribution in [3.05, 3.63) is 40.3 Å². The summed E-state index contributed by atoms with van der Waals surface area (Å²) < 4.78 is 2.06. The van der Waals surface area contributed by atoms with E-state index in [0.29, 0.717) is 11.7 Å². The summed E-state index contributed by atoms with van der Waals surface area (Å²) in [7, 11) is 3.91. The second kappa shape index (κ2) is 5.12. The van der Waals surface area contributed by atoms with Crippen LogP contribution in [0.4, 0.5) is 0 Å². The van der Waals surface area contributed by atoms with Gasteiger partial charge in [0.05, 0.1) is 12.2 Å². The Balaban J connectivity index is 2.60. The first kappa shape index (κ1) is 13.1. The molecular weight excluding hydrogens is 246 g/mol. The van der Waals surface area contributed by atoms with Crippen molar-refractivity contribution in [3.8, 4) is 11.3 Å². The molecule has 0 atom stereocenters. The van der Waals surface area contributed by atoms with Gasteiger partial charge in [0.15, 0.2) is 5.15 Å². The Bertz CT molecular complexity index is 573. The van der Waals surface area contributed by atoms with E-state index in [1.54, 1.807) is 0 Å². The maximum Gasteiger partial charge on any atom is 0.155 e. The highest BCUT2D eigenvalue weighted by Gasteiger charge is 2.16. The van der Waals surface area contributed by atoms with Crippen molar-refractivity contribution >= 4 is 11.6 Å². The van der Waals surface area contributed by atoms with Crippen molar-refractivity contribution in [2.75, 3.05) is 7.05 Å². The maximum atomic E-state index is 6.29. The van der Waals surface area contributed by atoms with Crippen molar-refractivity contribution in [1.82, 2.24) is 14.9 Å². The third-order valence-electron chi connectivity index (χ3n) is 3.13. The Morgan fingerprint density at radius 2 is 2.06 bits per heavy atom. The molecule has 0 radical (unpaired) electrons. The molecule has 2 aromatic rings. The number of benzene rings is 1. The molecule has 0 fully saturated rings. The summed E-state index contributed by atoms with van der Waals surface area (Å²) in [5.74, 6) is 0.943. The van der Waals surface area contributed by atoms with E-state index in [1.165, 1.54) is 11.1 Å². The first-order valence-corrected chi connectivity index (χ1v) is 6.35. The average Bonchev–Trinajstić information content (AvgIpc) is 2.59. The van der Waals surface area contributed by atoms with Crippen LogP contribution in [0.25, 0.3) is 11.3 Å². The fraction of sp³-hybridized carbons (Fsp3) is 0.357. The SMILES string of the molecule is CNCc1nc(Cl)c(-c2cc(C)ccc2C)n1C. The molecule has 0 saturated heterocycles.